The van der Waals surface area contributed by atoms with Crippen molar-refractivity contribution in [2.75, 3.05) is 27.3 Å². The van der Waals surface area contributed by atoms with Crippen LogP contribution in [0.1, 0.15) is 11.3 Å². The number of ether oxygens (including phenoxy) is 1. The summed E-state index contributed by atoms with van der Waals surface area (Å²) in [5, 5.41) is 6.32. The van der Waals surface area contributed by atoms with Gasteiger partial charge in [-0.3, -0.25) is 4.99 Å². The van der Waals surface area contributed by atoms with Gasteiger partial charge in [-0.15, -0.1) is 24.0 Å². The Labute approximate surface area is 153 Å². The average molecular weight is 430 g/mol. The number of aryl methyl sites for hydroxylation is 1. The highest BCUT2D eigenvalue weighted by Gasteiger charge is 2.07. The second-order valence-electron chi connectivity index (χ2n) is 4.86. The summed E-state index contributed by atoms with van der Waals surface area (Å²) in [7, 11) is 3.39. The third-order valence-electron chi connectivity index (χ3n) is 3.11. The minimum atomic E-state index is 0. The Morgan fingerprint density at radius 2 is 2.00 bits per heavy atom. The van der Waals surface area contributed by atoms with Crippen LogP contribution >= 0.6 is 24.0 Å². The molecule has 0 atom stereocenters. The van der Waals surface area contributed by atoms with Gasteiger partial charge in [-0.1, -0.05) is 17.7 Å². The van der Waals surface area contributed by atoms with Gasteiger partial charge in [0.2, 0.25) is 5.89 Å². The standard InChI is InChI=1S/C16H22N4O2.HI/c1-12-4-6-13(7-5-12)15-20-14(11-22-15)10-19-16(17-2)18-8-9-21-3;/h4-7,11H,8-10H2,1-3H3,(H2,17,18,19);1H. The van der Waals surface area contributed by atoms with Gasteiger partial charge in [-0.2, -0.15) is 0 Å². The van der Waals surface area contributed by atoms with E-state index in [-0.39, 0.29) is 24.0 Å². The number of nitrogens with one attached hydrogen (secondary N) is 2. The molecule has 0 bridgehead atoms. The molecule has 0 aliphatic heterocycles. The molecule has 0 radical (unpaired) electrons. The van der Waals surface area contributed by atoms with Crippen LogP contribution in [0.5, 0.6) is 0 Å². The molecule has 0 spiro atoms. The summed E-state index contributed by atoms with van der Waals surface area (Å²) in [4.78, 5) is 8.61. The first-order chi connectivity index (χ1) is 10.7. The van der Waals surface area contributed by atoms with Crippen molar-refractivity contribution >= 4 is 29.9 Å². The summed E-state index contributed by atoms with van der Waals surface area (Å²) in [6.45, 7) is 3.92. The molecule has 2 N–H and O–H groups in total. The van der Waals surface area contributed by atoms with E-state index in [2.05, 4.69) is 27.5 Å². The Morgan fingerprint density at radius 1 is 1.26 bits per heavy atom. The van der Waals surface area contributed by atoms with E-state index in [1.807, 2.05) is 24.3 Å². The molecule has 2 rings (SSSR count). The quantitative estimate of drug-likeness (QED) is 0.319. The molecule has 6 nitrogen and oxygen atoms in total. The van der Waals surface area contributed by atoms with Crippen molar-refractivity contribution < 1.29 is 9.15 Å². The molecule has 0 unspecified atom stereocenters. The van der Waals surface area contributed by atoms with Crippen LogP contribution in [0.15, 0.2) is 39.9 Å². The number of rotatable bonds is 6. The van der Waals surface area contributed by atoms with E-state index in [4.69, 9.17) is 9.15 Å². The number of hydrogen-bond donors (Lipinski definition) is 2. The summed E-state index contributed by atoms with van der Waals surface area (Å²) in [5.41, 5.74) is 3.01. The molecular formula is C16H23IN4O2. The predicted octanol–water partition coefficient (Wildman–Crippen LogP) is 2.58. The molecule has 126 valence electrons. The second kappa shape index (κ2) is 10.2. The molecule has 0 aliphatic carbocycles. The second-order valence-corrected chi connectivity index (χ2v) is 4.86. The summed E-state index contributed by atoms with van der Waals surface area (Å²) in [6.07, 6.45) is 1.66. The Hall–Kier alpha value is -1.61. The number of aliphatic imine (C=N–C) groups is 1. The first-order valence-corrected chi connectivity index (χ1v) is 7.18. The molecule has 0 amide bonds. The van der Waals surface area contributed by atoms with Gasteiger partial charge in [0.05, 0.1) is 18.8 Å². The molecule has 7 heteroatoms. The van der Waals surface area contributed by atoms with Crippen LogP contribution in [0, 0.1) is 6.92 Å². The van der Waals surface area contributed by atoms with Gasteiger partial charge in [0.15, 0.2) is 5.96 Å². The molecule has 0 fully saturated rings. The van der Waals surface area contributed by atoms with E-state index >= 15 is 0 Å². The number of guanidine groups is 1. The van der Waals surface area contributed by atoms with Crippen molar-refractivity contribution in [1.29, 1.82) is 0 Å². The summed E-state index contributed by atoms with van der Waals surface area (Å²) in [5.74, 6) is 1.33. The molecular weight excluding hydrogens is 407 g/mol. The number of benzene rings is 1. The highest BCUT2D eigenvalue weighted by molar-refractivity contribution is 14.0. The van der Waals surface area contributed by atoms with E-state index in [9.17, 15) is 0 Å². The maximum atomic E-state index is 5.52. The summed E-state index contributed by atoms with van der Waals surface area (Å²) < 4.78 is 10.5. The van der Waals surface area contributed by atoms with E-state index in [1.165, 1.54) is 5.56 Å². The Morgan fingerprint density at radius 3 is 2.65 bits per heavy atom. The van der Waals surface area contributed by atoms with Crippen LogP contribution in [0.4, 0.5) is 0 Å². The van der Waals surface area contributed by atoms with Crippen molar-refractivity contribution in [2.24, 2.45) is 4.99 Å². The van der Waals surface area contributed by atoms with E-state index in [0.717, 1.165) is 11.3 Å². The molecule has 2 aromatic rings. The highest BCUT2D eigenvalue weighted by Crippen LogP contribution is 2.18. The van der Waals surface area contributed by atoms with Crippen LogP contribution in [-0.2, 0) is 11.3 Å². The van der Waals surface area contributed by atoms with Crippen LogP contribution in [0.25, 0.3) is 11.5 Å². The lowest BCUT2D eigenvalue weighted by atomic mass is 10.1. The molecule has 0 aliphatic rings. The van der Waals surface area contributed by atoms with Crippen molar-refractivity contribution in [1.82, 2.24) is 15.6 Å². The third-order valence-corrected chi connectivity index (χ3v) is 3.11. The number of aromatic nitrogens is 1. The zero-order valence-electron chi connectivity index (χ0n) is 13.6. The number of methoxy groups -OCH3 is 1. The lowest BCUT2D eigenvalue weighted by molar-refractivity contribution is 0.203. The fourth-order valence-corrected chi connectivity index (χ4v) is 1.88. The Balaban J connectivity index is 0.00000264. The van der Waals surface area contributed by atoms with Crippen molar-refractivity contribution in [3.05, 3.63) is 41.8 Å². The summed E-state index contributed by atoms with van der Waals surface area (Å²) >= 11 is 0. The molecule has 23 heavy (non-hydrogen) atoms. The Bertz CT molecular complexity index is 611. The largest absolute Gasteiger partial charge is 0.444 e. The SMILES string of the molecule is CN=C(NCCOC)NCc1coc(-c2ccc(C)cc2)n1.I. The first kappa shape index (κ1) is 19.4. The number of halogens is 1. The minimum absolute atomic E-state index is 0. The fraction of sp³-hybridized carbons (Fsp3) is 0.375. The lowest BCUT2D eigenvalue weighted by Crippen LogP contribution is -2.38. The topological polar surface area (TPSA) is 71.7 Å². The monoisotopic (exact) mass is 430 g/mol. The van der Waals surface area contributed by atoms with Crippen molar-refractivity contribution in [2.45, 2.75) is 13.5 Å². The van der Waals surface area contributed by atoms with Gasteiger partial charge in [-0.05, 0) is 19.1 Å². The maximum absolute atomic E-state index is 5.52. The van der Waals surface area contributed by atoms with Gasteiger partial charge >= 0.3 is 0 Å². The van der Waals surface area contributed by atoms with Gasteiger partial charge in [0.25, 0.3) is 0 Å². The smallest absolute Gasteiger partial charge is 0.226 e. The van der Waals surface area contributed by atoms with Crippen LogP contribution < -0.4 is 10.6 Å². The Kier molecular flexibility index (Phi) is 8.64. The van der Waals surface area contributed by atoms with E-state index in [1.54, 1.807) is 20.4 Å². The van der Waals surface area contributed by atoms with E-state index < -0.39 is 0 Å². The molecule has 0 saturated carbocycles. The van der Waals surface area contributed by atoms with Gasteiger partial charge in [0.1, 0.15) is 6.26 Å². The van der Waals surface area contributed by atoms with Crippen molar-refractivity contribution in [3.63, 3.8) is 0 Å². The van der Waals surface area contributed by atoms with E-state index in [0.29, 0.717) is 31.5 Å². The van der Waals surface area contributed by atoms with Crippen LogP contribution in [-0.4, -0.2) is 38.3 Å². The number of hydrogen-bond acceptors (Lipinski definition) is 4. The zero-order valence-corrected chi connectivity index (χ0v) is 16.0. The number of oxazole rings is 1. The lowest BCUT2D eigenvalue weighted by Gasteiger charge is -2.09. The third kappa shape index (κ3) is 6.19. The highest BCUT2D eigenvalue weighted by atomic mass is 127. The van der Waals surface area contributed by atoms with Gasteiger partial charge in [-0.25, -0.2) is 4.98 Å². The number of nitrogens with zero attached hydrogens (tertiary/aromatic N) is 2. The van der Waals surface area contributed by atoms with Crippen LogP contribution in [0.3, 0.4) is 0 Å². The molecule has 1 heterocycles. The molecule has 1 aromatic carbocycles. The molecule has 0 saturated heterocycles. The fourth-order valence-electron chi connectivity index (χ4n) is 1.88. The molecule has 1 aromatic heterocycles. The zero-order chi connectivity index (χ0) is 15.8. The van der Waals surface area contributed by atoms with Gasteiger partial charge in [0, 0.05) is 26.3 Å². The maximum Gasteiger partial charge on any atom is 0.226 e. The normalized spacial score (nSPS) is 11.0. The minimum Gasteiger partial charge on any atom is -0.444 e. The predicted molar refractivity (Wildman–Crippen MR) is 102 cm³/mol. The van der Waals surface area contributed by atoms with Crippen LogP contribution in [0.2, 0.25) is 0 Å². The van der Waals surface area contributed by atoms with Gasteiger partial charge < -0.3 is 19.8 Å². The summed E-state index contributed by atoms with van der Waals surface area (Å²) in [6, 6.07) is 8.09. The average Bonchev–Trinajstić information content (AvgIpc) is 3.00. The first-order valence-electron chi connectivity index (χ1n) is 7.18. The van der Waals surface area contributed by atoms with Crippen molar-refractivity contribution in [3.8, 4) is 11.5 Å².